The number of aliphatic imine (C=N–C) groups is 2. The molecule has 0 radical (unpaired) electrons. The molecule has 2 rings (SSSR count). The van der Waals surface area contributed by atoms with Gasteiger partial charge in [0.2, 0.25) is 0 Å². The van der Waals surface area contributed by atoms with Crippen molar-refractivity contribution in [1.29, 1.82) is 0 Å². The molecule has 0 saturated heterocycles. The van der Waals surface area contributed by atoms with Gasteiger partial charge in [-0.05, 0) is 0 Å². The fourth-order valence-corrected chi connectivity index (χ4v) is 1.13. The molecule has 10 heavy (non-hydrogen) atoms. The predicted octanol–water partition coefficient (Wildman–Crippen LogP) is 0.823. The van der Waals surface area contributed by atoms with E-state index in [0.29, 0.717) is 5.16 Å². The molecule has 0 amide bonds. The van der Waals surface area contributed by atoms with E-state index in [1.807, 2.05) is 4.90 Å². The van der Waals surface area contributed by atoms with Crippen LogP contribution in [0.2, 0.25) is 0 Å². The lowest BCUT2D eigenvalue weighted by molar-refractivity contribution is 0.682. The minimum Gasteiger partial charge on any atom is -0.315 e. The molecule has 2 aliphatic heterocycles. The molecule has 52 valence electrons. The summed E-state index contributed by atoms with van der Waals surface area (Å²) in [6.45, 7) is 1.78. The van der Waals surface area contributed by atoms with Gasteiger partial charge < -0.3 is 4.90 Å². The highest BCUT2D eigenvalue weighted by molar-refractivity contribution is 6.32. The number of hydrogen-bond acceptors (Lipinski definition) is 3. The Morgan fingerprint density at radius 2 is 2.50 bits per heavy atom. The van der Waals surface area contributed by atoms with Crippen molar-refractivity contribution in [3.8, 4) is 0 Å². The first-order valence-electron chi connectivity index (χ1n) is 3.09. The molecule has 0 bridgehead atoms. The number of amidine groups is 1. The molecule has 0 aromatic carbocycles. The molecular weight excluding hydrogens is 150 g/mol. The second-order valence-electron chi connectivity index (χ2n) is 2.14. The summed E-state index contributed by atoms with van der Waals surface area (Å²) in [7, 11) is 0. The second-order valence-corrected chi connectivity index (χ2v) is 2.53. The van der Waals surface area contributed by atoms with Crippen molar-refractivity contribution in [3.63, 3.8) is 0 Å². The Balaban J connectivity index is 2.34. The van der Waals surface area contributed by atoms with Gasteiger partial charge in [-0.25, -0.2) is 4.99 Å². The predicted molar refractivity (Wildman–Crippen MR) is 41.4 cm³/mol. The molecule has 0 aromatic rings. The van der Waals surface area contributed by atoms with E-state index < -0.39 is 0 Å². The number of hydrogen-bond donors (Lipinski definition) is 0. The Labute approximate surface area is 63.7 Å². The average molecular weight is 156 g/mol. The molecule has 0 saturated carbocycles. The number of fused-ring (bicyclic) bond motifs is 1. The van der Waals surface area contributed by atoms with Crippen LogP contribution in [0.3, 0.4) is 0 Å². The lowest BCUT2D eigenvalue weighted by atomic mass is 10.5. The van der Waals surface area contributed by atoms with Gasteiger partial charge >= 0.3 is 0 Å². The van der Waals surface area contributed by atoms with Crippen LogP contribution in [0.1, 0.15) is 0 Å². The zero-order chi connectivity index (χ0) is 6.97. The highest BCUT2D eigenvalue weighted by Gasteiger charge is 2.15. The fourth-order valence-electron chi connectivity index (χ4n) is 0.992. The van der Waals surface area contributed by atoms with Crippen molar-refractivity contribution in [2.75, 3.05) is 13.1 Å². The molecule has 3 nitrogen and oxygen atoms in total. The van der Waals surface area contributed by atoms with E-state index in [-0.39, 0.29) is 0 Å². The van der Waals surface area contributed by atoms with Gasteiger partial charge in [-0.15, -0.1) is 0 Å². The first-order valence-corrected chi connectivity index (χ1v) is 3.46. The summed E-state index contributed by atoms with van der Waals surface area (Å²) in [6.07, 6.45) is 3.49. The summed E-state index contributed by atoms with van der Waals surface area (Å²) < 4.78 is 0. The van der Waals surface area contributed by atoms with Gasteiger partial charge in [0.25, 0.3) is 0 Å². The van der Waals surface area contributed by atoms with Crippen molar-refractivity contribution >= 4 is 23.8 Å². The quantitative estimate of drug-likeness (QED) is 0.476. The molecule has 0 N–H and O–H groups in total. The summed E-state index contributed by atoms with van der Waals surface area (Å²) in [5.74, 6) is 0.931. The van der Waals surface area contributed by atoms with Crippen LogP contribution in [0, 0.1) is 0 Å². The largest absolute Gasteiger partial charge is 0.315 e. The third kappa shape index (κ3) is 0.827. The lowest BCUT2D eigenvalue weighted by Gasteiger charge is -2.14. The van der Waals surface area contributed by atoms with Crippen LogP contribution in [0.15, 0.2) is 21.2 Å². The van der Waals surface area contributed by atoms with Crippen LogP contribution >= 0.6 is 11.6 Å². The van der Waals surface area contributed by atoms with Crippen LogP contribution in [0.5, 0.6) is 0 Å². The zero-order valence-electron chi connectivity index (χ0n) is 5.29. The first-order chi connectivity index (χ1) is 4.86. The van der Waals surface area contributed by atoms with Crippen molar-refractivity contribution < 1.29 is 0 Å². The molecule has 2 heterocycles. The summed E-state index contributed by atoms with van der Waals surface area (Å²) in [5.41, 5.74) is 0. The molecule has 4 heteroatoms. The Morgan fingerprint density at radius 1 is 1.60 bits per heavy atom. The molecule has 0 atom stereocenters. The minimum atomic E-state index is 0.511. The maximum absolute atomic E-state index is 5.64. The minimum absolute atomic E-state index is 0.511. The van der Waals surface area contributed by atoms with Crippen LogP contribution in [-0.4, -0.2) is 30.2 Å². The van der Waals surface area contributed by atoms with Gasteiger partial charge in [0.05, 0.1) is 12.9 Å². The third-order valence-corrected chi connectivity index (χ3v) is 1.68. The van der Waals surface area contributed by atoms with Crippen LogP contribution in [-0.2, 0) is 0 Å². The molecule has 0 aromatic heterocycles. The monoisotopic (exact) mass is 155 g/mol. The lowest BCUT2D eigenvalue weighted by Crippen LogP contribution is -2.26. The highest BCUT2D eigenvalue weighted by atomic mass is 35.5. The maximum Gasteiger partial charge on any atom is 0.134 e. The van der Waals surface area contributed by atoms with Gasteiger partial charge in [-0.1, -0.05) is 11.6 Å². The maximum atomic E-state index is 5.64. The Kier molecular flexibility index (Phi) is 1.24. The van der Waals surface area contributed by atoms with Crippen molar-refractivity contribution in [3.05, 3.63) is 11.2 Å². The number of halogens is 1. The van der Waals surface area contributed by atoms with Crippen molar-refractivity contribution in [2.45, 2.75) is 0 Å². The van der Waals surface area contributed by atoms with E-state index in [9.17, 15) is 0 Å². The molecule has 0 spiro atoms. The SMILES string of the molecule is ClC1=CC2=NCCN2C=N1. The summed E-state index contributed by atoms with van der Waals surface area (Å²) in [5, 5.41) is 0.511. The Bertz CT molecular complexity index is 241. The third-order valence-electron chi connectivity index (χ3n) is 1.48. The summed E-state index contributed by atoms with van der Waals surface area (Å²) >= 11 is 5.64. The van der Waals surface area contributed by atoms with Gasteiger partial charge in [-0.2, -0.15) is 0 Å². The topological polar surface area (TPSA) is 28.0 Å². The average Bonchev–Trinajstić information content (AvgIpc) is 2.33. The van der Waals surface area contributed by atoms with E-state index in [1.165, 1.54) is 0 Å². The van der Waals surface area contributed by atoms with E-state index >= 15 is 0 Å². The zero-order valence-corrected chi connectivity index (χ0v) is 6.04. The molecular formula is C6H6ClN3. The van der Waals surface area contributed by atoms with E-state index in [4.69, 9.17) is 11.6 Å². The van der Waals surface area contributed by atoms with Crippen LogP contribution in [0.4, 0.5) is 0 Å². The van der Waals surface area contributed by atoms with E-state index in [0.717, 1.165) is 18.9 Å². The Morgan fingerprint density at radius 3 is 3.40 bits per heavy atom. The normalized spacial score (nSPS) is 22.3. The molecule has 0 unspecified atom stereocenters. The second kappa shape index (κ2) is 2.09. The van der Waals surface area contributed by atoms with Gasteiger partial charge in [0.15, 0.2) is 0 Å². The Hall–Kier alpha value is -0.830. The van der Waals surface area contributed by atoms with Gasteiger partial charge in [0, 0.05) is 12.6 Å². The van der Waals surface area contributed by atoms with E-state index in [1.54, 1.807) is 12.4 Å². The number of rotatable bonds is 0. The number of nitrogens with zero attached hydrogens (tertiary/aromatic N) is 3. The fraction of sp³-hybridized carbons (Fsp3) is 0.333. The molecule has 2 aliphatic rings. The van der Waals surface area contributed by atoms with Crippen LogP contribution < -0.4 is 0 Å². The van der Waals surface area contributed by atoms with Crippen molar-refractivity contribution in [2.24, 2.45) is 9.98 Å². The van der Waals surface area contributed by atoms with Crippen LogP contribution in [0.25, 0.3) is 0 Å². The molecule has 0 aliphatic carbocycles. The smallest absolute Gasteiger partial charge is 0.134 e. The van der Waals surface area contributed by atoms with Gasteiger partial charge in [-0.3, -0.25) is 4.99 Å². The molecule has 0 fully saturated rings. The first kappa shape index (κ1) is 5.92. The standard InChI is InChI=1S/C6H6ClN3/c7-5-3-6-8-1-2-10(6)4-9-5/h3-4H,1-2H2. The van der Waals surface area contributed by atoms with E-state index in [2.05, 4.69) is 9.98 Å². The van der Waals surface area contributed by atoms with Gasteiger partial charge in [0.1, 0.15) is 11.0 Å². The summed E-state index contributed by atoms with van der Waals surface area (Å²) in [6, 6.07) is 0. The highest BCUT2D eigenvalue weighted by Crippen LogP contribution is 2.12. The summed E-state index contributed by atoms with van der Waals surface area (Å²) in [4.78, 5) is 10.1. The van der Waals surface area contributed by atoms with Crippen molar-refractivity contribution in [1.82, 2.24) is 4.90 Å².